The topological polar surface area (TPSA) is 26.3 Å². The lowest BCUT2D eigenvalue weighted by molar-refractivity contribution is -0.136. The minimum atomic E-state index is -0.238. The van der Waals surface area contributed by atoms with Gasteiger partial charge in [0, 0.05) is 5.57 Å². The van der Waals surface area contributed by atoms with Crippen molar-refractivity contribution >= 4 is 5.97 Å². The molecule has 0 aliphatic carbocycles. The van der Waals surface area contributed by atoms with Crippen LogP contribution in [-0.2, 0) is 9.53 Å². The third-order valence-electron chi connectivity index (χ3n) is 3.20. The number of hydrogen-bond acceptors (Lipinski definition) is 2. The van der Waals surface area contributed by atoms with Gasteiger partial charge in [-0.2, -0.15) is 0 Å². The molecule has 0 N–H and O–H groups in total. The van der Waals surface area contributed by atoms with E-state index in [4.69, 9.17) is 0 Å². The number of methoxy groups -OCH3 is 1. The maximum Gasteiger partial charge on any atom is 0.333 e. The van der Waals surface area contributed by atoms with Crippen LogP contribution in [0.1, 0.15) is 43.7 Å². The molecule has 0 aliphatic heterocycles. The Morgan fingerprint density at radius 1 is 1.33 bits per heavy atom. The maximum atomic E-state index is 11.2. The number of benzene rings is 1. The number of esters is 1. The van der Waals surface area contributed by atoms with Crippen LogP contribution in [0.5, 0.6) is 0 Å². The van der Waals surface area contributed by atoms with Gasteiger partial charge in [0.2, 0.25) is 0 Å². The predicted molar refractivity (Wildman–Crippen MR) is 74.6 cm³/mol. The van der Waals surface area contributed by atoms with E-state index in [0.717, 1.165) is 12.8 Å². The van der Waals surface area contributed by atoms with Gasteiger partial charge >= 0.3 is 5.97 Å². The number of hydrogen-bond donors (Lipinski definition) is 0. The maximum absolute atomic E-state index is 11.2. The molecule has 0 saturated heterocycles. The van der Waals surface area contributed by atoms with Crippen LogP contribution in [0.2, 0.25) is 0 Å². The van der Waals surface area contributed by atoms with Crippen molar-refractivity contribution in [1.82, 2.24) is 0 Å². The number of carbonyl (C=O) groups excluding carboxylic acids is 1. The molecular weight excluding hydrogens is 224 g/mol. The molecule has 0 amide bonds. The van der Waals surface area contributed by atoms with Gasteiger partial charge in [0.1, 0.15) is 0 Å². The molecule has 1 aromatic carbocycles. The number of carbonyl (C=O) groups is 1. The highest BCUT2D eigenvalue weighted by atomic mass is 16.5. The van der Waals surface area contributed by atoms with Crippen molar-refractivity contribution in [1.29, 1.82) is 0 Å². The molecule has 18 heavy (non-hydrogen) atoms. The zero-order valence-electron chi connectivity index (χ0n) is 11.7. The lowest BCUT2D eigenvalue weighted by atomic mass is 9.95. The van der Waals surface area contributed by atoms with Crippen LogP contribution in [0.15, 0.2) is 35.9 Å². The third kappa shape index (κ3) is 4.36. The van der Waals surface area contributed by atoms with Crippen LogP contribution in [0, 0.1) is 6.92 Å². The molecule has 0 bridgehead atoms. The third-order valence-corrected chi connectivity index (χ3v) is 3.20. The van der Waals surface area contributed by atoms with E-state index in [1.807, 2.05) is 6.08 Å². The van der Waals surface area contributed by atoms with Gasteiger partial charge < -0.3 is 4.74 Å². The standard InChI is InChI=1S/C16H22O2/c1-12-8-10-15(11-9-12)13(2)6-5-7-14(3)16(17)18-4/h7-11,13H,5-6H2,1-4H3/t13-/m1/s1. The zero-order valence-corrected chi connectivity index (χ0v) is 11.7. The second kappa shape index (κ2) is 7.00. The van der Waals surface area contributed by atoms with E-state index >= 15 is 0 Å². The quantitative estimate of drug-likeness (QED) is 0.580. The fourth-order valence-electron chi connectivity index (χ4n) is 1.86. The average molecular weight is 246 g/mol. The minimum absolute atomic E-state index is 0.238. The Balaban J connectivity index is 2.49. The molecule has 0 aliphatic rings. The van der Waals surface area contributed by atoms with Gasteiger partial charge in [0.25, 0.3) is 0 Å². The summed E-state index contributed by atoms with van der Waals surface area (Å²) >= 11 is 0. The monoisotopic (exact) mass is 246 g/mol. The molecule has 0 fully saturated rings. The zero-order chi connectivity index (χ0) is 13.5. The van der Waals surface area contributed by atoms with E-state index in [1.165, 1.54) is 18.2 Å². The highest BCUT2D eigenvalue weighted by molar-refractivity contribution is 5.87. The Hall–Kier alpha value is -1.57. The van der Waals surface area contributed by atoms with E-state index in [-0.39, 0.29) is 5.97 Å². The van der Waals surface area contributed by atoms with E-state index in [0.29, 0.717) is 11.5 Å². The van der Waals surface area contributed by atoms with Gasteiger partial charge in [-0.1, -0.05) is 42.8 Å². The van der Waals surface area contributed by atoms with Crippen molar-refractivity contribution in [2.45, 2.75) is 39.5 Å². The summed E-state index contributed by atoms with van der Waals surface area (Å²) in [7, 11) is 1.41. The first-order chi connectivity index (χ1) is 8.54. The Labute approximate surface area is 110 Å². The van der Waals surface area contributed by atoms with Gasteiger partial charge in [-0.15, -0.1) is 0 Å². The van der Waals surface area contributed by atoms with Crippen LogP contribution < -0.4 is 0 Å². The Morgan fingerprint density at radius 2 is 1.94 bits per heavy atom. The fraction of sp³-hybridized carbons (Fsp3) is 0.438. The summed E-state index contributed by atoms with van der Waals surface area (Å²) in [4.78, 5) is 11.2. The Morgan fingerprint density at radius 3 is 2.50 bits per heavy atom. The van der Waals surface area contributed by atoms with Crippen LogP contribution >= 0.6 is 0 Å². The second-order valence-electron chi connectivity index (χ2n) is 4.77. The SMILES string of the molecule is COC(=O)C(C)=CCC[C@@H](C)c1ccc(C)cc1. The highest BCUT2D eigenvalue weighted by Gasteiger charge is 2.06. The molecule has 0 heterocycles. The van der Waals surface area contributed by atoms with Crippen LogP contribution in [0.25, 0.3) is 0 Å². The molecule has 0 aromatic heterocycles. The molecular formula is C16H22O2. The lowest BCUT2D eigenvalue weighted by Gasteiger charge is -2.11. The minimum Gasteiger partial charge on any atom is -0.466 e. The average Bonchev–Trinajstić information content (AvgIpc) is 2.38. The van der Waals surface area contributed by atoms with Crippen molar-refractivity contribution in [3.8, 4) is 0 Å². The molecule has 1 aromatic rings. The Kier molecular flexibility index (Phi) is 5.63. The summed E-state index contributed by atoms with van der Waals surface area (Å²) in [5.74, 6) is 0.269. The number of ether oxygens (including phenoxy) is 1. The first kappa shape index (κ1) is 14.5. The summed E-state index contributed by atoms with van der Waals surface area (Å²) in [6.45, 7) is 6.10. The summed E-state index contributed by atoms with van der Waals surface area (Å²) in [6.07, 6.45) is 3.89. The lowest BCUT2D eigenvalue weighted by Crippen LogP contribution is -2.01. The van der Waals surface area contributed by atoms with Gasteiger partial charge in [0.15, 0.2) is 0 Å². The molecule has 2 nitrogen and oxygen atoms in total. The van der Waals surface area contributed by atoms with Crippen molar-refractivity contribution in [3.05, 3.63) is 47.0 Å². The van der Waals surface area contributed by atoms with Gasteiger partial charge in [0.05, 0.1) is 7.11 Å². The van der Waals surface area contributed by atoms with Crippen molar-refractivity contribution < 1.29 is 9.53 Å². The van der Waals surface area contributed by atoms with E-state index in [9.17, 15) is 4.79 Å². The number of rotatable bonds is 5. The van der Waals surface area contributed by atoms with Gasteiger partial charge in [-0.3, -0.25) is 0 Å². The molecule has 2 heteroatoms. The largest absolute Gasteiger partial charge is 0.466 e. The first-order valence-corrected chi connectivity index (χ1v) is 6.36. The summed E-state index contributed by atoms with van der Waals surface area (Å²) < 4.78 is 4.66. The normalized spacial score (nSPS) is 13.2. The predicted octanol–water partition coefficient (Wildman–Crippen LogP) is 4.00. The van der Waals surface area contributed by atoms with Crippen LogP contribution in [0.4, 0.5) is 0 Å². The molecule has 1 rings (SSSR count). The number of allylic oxidation sites excluding steroid dienone is 1. The van der Waals surface area contributed by atoms with E-state index < -0.39 is 0 Å². The van der Waals surface area contributed by atoms with E-state index in [2.05, 4.69) is 42.8 Å². The second-order valence-corrected chi connectivity index (χ2v) is 4.77. The first-order valence-electron chi connectivity index (χ1n) is 6.36. The van der Waals surface area contributed by atoms with E-state index in [1.54, 1.807) is 6.92 Å². The van der Waals surface area contributed by atoms with Crippen molar-refractivity contribution in [2.75, 3.05) is 7.11 Å². The van der Waals surface area contributed by atoms with Crippen molar-refractivity contribution in [3.63, 3.8) is 0 Å². The highest BCUT2D eigenvalue weighted by Crippen LogP contribution is 2.21. The summed E-state index contributed by atoms with van der Waals surface area (Å²) in [5, 5.41) is 0. The molecule has 0 spiro atoms. The number of aryl methyl sites for hydroxylation is 1. The summed E-state index contributed by atoms with van der Waals surface area (Å²) in [6, 6.07) is 8.64. The van der Waals surface area contributed by atoms with Crippen LogP contribution in [0.3, 0.4) is 0 Å². The van der Waals surface area contributed by atoms with Gasteiger partial charge in [-0.05, 0) is 38.2 Å². The van der Waals surface area contributed by atoms with Crippen molar-refractivity contribution in [2.24, 2.45) is 0 Å². The molecule has 98 valence electrons. The summed E-state index contributed by atoms with van der Waals surface area (Å²) in [5.41, 5.74) is 3.32. The fourth-order valence-corrected chi connectivity index (χ4v) is 1.86. The molecule has 0 radical (unpaired) electrons. The molecule has 0 saturated carbocycles. The Bertz CT molecular complexity index is 415. The van der Waals surface area contributed by atoms with Crippen LogP contribution in [-0.4, -0.2) is 13.1 Å². The molecule has 1 atom stereocenters. The smallest absolute Gasteiger partial charge is 0.333 e. The molecule has 0 unspecified atom stereocenters. The van der Waals surface area contributed by atoms with Gasteiger partial charge in [-0.25, -0.2) is 4.79 Å².